The molecule has 2 aromatic rings. The Balaban J connectivity index is 1.82. The summed E-state index contributed by atoms with van der Waals surface area (Å²) in [6.45, 7) is 5.38. The predicted octanol–water partition coefficient (Wildman–Crippen LogP) is 3.74. The Morgan fingerprint density at radius 2 is 1.26 bits per heavy atom. The average molecular weight is 255 g/mol. The van der Waals surface area contributed by atoms with E-state index in [9.17, 15) is 5.21 Å². The van der Waals surface area contributed by atoms with Crippen molar-refractivity contribution in [2.45, 2.75) is 26.8 Å². The third-order valence-corrected chi connectivity index (χ3v) is 3.26. The van der Waals surface area contributed by atoms with E-state index in [-0.39, 0.29) is 0 Å². The minimum absolute atomic E-state index is 0.576. The molecule has 0 saturated heterocycles. The molecule has 0 radical (unpaired) electrons. The average Bonchev–Trinajstić information content (AvgIpc) is 2.41. The van der Waals surface area contributed by atoms with E-state index in [0.29, 0.717) is 13.1 Å². The second-order valence-corrected chi connectivity index (χ2v) is 5.11. The summed E-state index contributed by atoms with van der Waals surface area (Å²) in [5, 5.41) is 11.3. The second kappa shape index (κ2) is 6.50. The first-order valence-electron chi connectivity index (χ1n) is 6.68. The standard InChI is InChI=1S/C17H21NO/c1-14-3-7-16(8-4-14)11-12-18(19)13-17-9-5-15(2)6-10-17/h3-10,19H,11-13H2,1-2H3. The van der Waals surface area contributed by atoms with Crippen molar-refractivity contribution in [1.29, 1.82) is 0 Å². The first-order chi connectivity index (χ1) is 9.13. The van der Waals surface area contributed by atoms with Crippen LogP contribution in [0.3, 0.4) is 0 Å². The highest BCUT2D eigenvalue weighted by atomic mass is 16.5. The number of hydrogen-bond donors (Lipinski definition) is 1. The third kappa shape index (κ3) is 4.51. The molecular formula is C17H21NO. The molecule has 2 rings (SSSR count). The summed E-state index contributed by atoms with van der Waals surface area (Å²) in [6, 6.07) is 16.7. The molecule has 0 aliphatic rings. The molecule has 0 aromatic heterocycles. The number of aryl methyl sites for hydroxylation is 2. The van der Waals surface area contributed by atoms with Gasteiger partial charge in [-0.2, -0.15) is 5.06 Å². The van der Waals surface area contributed by atoms with Crippen LogP contribution in [0.1, 0.15) is 22.3 Å². The van der Waals surface area contributed by atoms with Gasteiger partial charge in [-0.25, -0.2) is 0 Å². The summed E-state index contributed by atoms with van der Waals surface area (Å²) in [4.78, 5) is 0. The molecule has 100 valence electrons. The van der Waals surface area contributed by atoms with Crippen molar-refractivity contribution in [2.24, 2.45) is 0 Å². The molecule has 0 aliphatic heterocycles. The van der Waals surface area contributed by atoms with E-state index >= 15 is 0 Å². The highest BCUT2D eigenvalue weighted by Crippen LogP contribution is 2.08. The van der Waals surface area contributed by atoms with Crippen LogP contribution in [-0.2, 0) is 13.0 Å². The fraction of sp³-hybridized carbons (Fsp3) is 0.294. The van der Waals surface area contributed by atoms with Crippen molar-refractivity contribution in [1.82, 2.24) is 5.06 Å². The highest BCUT2D eigenvalue weighted by molar-refractivity contribution is 5.22. The van der Waals surface area contributed by atoms with Gasteiger partial charge in [-0.3, -0.25) is 0 Å². The molecular weight excluding hydrogens is 234 g/mol. The van der Waals surface area contributed by atoms with Gasteiger partial charge in [0.25, 0.3) is 0 Å². The summed E-state index contributed by atoms with van der Waals surface area (Å²) in [5.74, 6) is 0. The van der Waals surface area contributed by atoms with Crippen LogP contribution in [0, 0.1) is 13.8 Å². The van der Waals surface area contributed by atoms with Gasteiger partial charge in [0.15, 0.2) is 0 Å². The largest absolute Gasteiger partial charge is 0.314 e. The first-order valence-corrected chi connectivity index (χ1v) is 6.68. The van der Waals surface area contributed by atoms with Gasteiger partial charge >= 0.3 is 0 Å². The number of hydroxylamine groups is 2. The molecule has 0 fully saturated rings. The Morgan fingerprint density at radius 1 is 0.789 bits per heavy atom. The van der Waals surface area contributed by atoms with E-state index in [4.69, 9.17) is 0 Å². The Labute approximate surface area is 115 Å². The van der Waals surface area contributed by atoms with Gasteiger partial charge in [0.05, 0.1) is 0 Å². The summed E-state index contributed by atoms with van der Waals surface area (Å²) >= 11 is 0. The molecule has 0 saturated carbocycles. The van der Waals surface area contributed by atoms with Crippen molar-refractivity contribution in [2.75, 3.05) is 6.54 Å². The van der Waals surface area contributed by atoms with Gasteiger partial charge < -0.3 is 5.21 Å². The van der Waals surface area contributed by atoms with E-state index < -0.39 is 0 Å². The van der Waals surface area contributed by atoms with Crippen molar-refractivity contribution in [3.05, 3.63) is 70.8 Å². The van der Waals surface area contributed by atoms with Crippen LogP contribution < -0.4 is 0 Å². The van der Waals surface area contributed by atoms with Crippen LogP contribution in [-0.4, -0.2) is 16.8 Å². The van der Waals surface area contributed by atoms with E-state index in [1.54, 1.807) is 0 Å². The molecule has 0 aliphatic carbocycles. The molecule has 2 nitrogen and oxygen atoms in total. The SMILES string of the molecule is Cc1ccc(CCN(O)Cc2ccc(C)cc2)cc1. The van der Waals surface area contributed by atoms with Crippen LogP contribution in [0.15, 0.2) is 48.5 Å². The monoisotopic (exact) mass is 255 g/mol. The lowest BCUT2D eigenvalue weighted by molar-refractivity contribution is -0.0982. The van der Waals surface area contributed by atoms with Crippen molar-refractivity contribution < 1.29 is 5.21 Å². The van der Waals surface area contributed by atoms with Crippen LogP contribution in [0.4, 0.5) is 0 Å². The Kier molecular flexibility index (Phi) is 4.72. The van der Waals surface area contributed by atoms with Gasteiger partial charge in [-0.05, 0) is 31.4 Å². The quantitative estimate of drug-likeness (QED) is 0.823. The third-order valence-electron chi connectivity index (χ3n) is 3.26. The Morgan fingerprint density at radius 3 is 1.79 bits per heavy atom. The molecule has 2 aromatic carbocycles. The maximum Gasteiger partial charge on any atom is 0.0488 e. The van der Waals surface area contributed by atoms with Crippen LogP contribution in [0.25, 0.3) is 0 Å². The summed E-state index contributed by atoms with van der Waals surface area (Å²) in [5.41, 5.74) is 4.91. The van der Waals surface area contributed by atoms with E-state index in [2.05, 4.69) is 62.4 Å². The van der Waals surface area contributed by atoms with Crippen LogP contribution in [0.2, 0.25) is 0 Å². The van der Waals surface area contributed by atoms with E-state index in [0.717, 1.165) is 12.0 Å². The minimum atomic E-state index is 0.576. The molecule has 0 amide bonds. The molecule has 0 spiro atoms. The Bertz CT molecular complexity index is 502. The highest BCUT2D eigenvalue weighted by Gasteiger charge is 2.03. The molecule has 0 heterocycles. The number of benzene rings is 2. The first kappa shape index (κ1) is 13.8. The fourth-order valence-corrected chi connectivity index (χ4v) is 2.00. The van der Waals surface area contributed by atoms with E-state index in [1.807, 2.05) is 0 Å². The topological polar surface area (TPSA) is 23.5 Å². The smallest absolute Gasteiger partial charge is 0.0488 e. The van der Waals surface area contributed by atoms with Crippen molar-refractivity contribution >= 4 is 0 Å². The zero-order valence-electron chi connectivity index (χ0n) is 11.6. The maximum absolute atomic E-state index is 9.92. The zero-order chi connectivity index (χ0) is 13.7. The molecule has 19 heavy (non-hydrogen) atoms. The van der Waals surface area contributed by atoms with Crippen molar-refractivity contribution in [3.63, 3.8) is 0 Å². The lowest BCUT2D eigenvalue weighted by atomic mass is 10.1. The van der Waals surface area contributed by atoms with Gasteiger partial charge in [0.2, 0.25) is 0 Å². The molecule has 1 N–H and O–H groups in total. The van der Waals surface area contributed by atoms with Crippen LogP contribution >= 0.6 is 0 Å². The normalized spacial score (nSPS) is 10.9. The molecule has 0 atom stereocenters. The second-order valence-electron chi connectivity index (χ2n) is 5.11. The zero-order valence-corrected chi connectivity index (χ0v) is 11.6. The number of nitrogens with zero attached hydrogens (tertiary/aromatic N) is 1. The van der Waals surface area contributed by atoms with Gasteiger partial charge in [-0.1, -0.05) is 59.7 Å². The van der Waals surface area contributed by atoms with Gasteiger partial charge in [-0.15, -0.1) is 0 Å². The summed E-state index contributed by atoms with van der Waals surface area (Å²) in [6.07, 6.45) is 0.864. The number of rotatable bonds is 5. The Hall–Kier alpha value is -1.64. The van der Waals surface area contributed by atoms with Crippen molar-refractivity contribution in [3.8, 4) is 0 Å². The van der Waals surface area contributed by atoms with Crippen LogP contribution in [0.5, 0.6) is 0 Å². The molecule has 2 heteroatoms. The lowest BCUT2D eigenvalue weighted by Crippen LogP contribution is -2.21. The minimum Gasteiger partial charge on any atom is -0.314 e. The summed E-state index contributed by atoms with van der Waals surface area (Å²) in [7, 11) is 0. The predicted molar refractivity (Wildman–Crippen MR) is 78.3 cm³/mol. The summed E-state index contributed by atoms with van der Waals surface area (Å²) < 4.78 is 0. The van der Waals surface area contributed by atoms with E-state index in [1.165, 1.54) is 21.8 Å². The fourth-order valence-electron chi connectivity index (χ4n) is 2.00. The van der Waals surface area contributed by atoms with Gasteiger partial charge in [0.1, 0.15) is 0 Å². The number of hydrogen-bond acceptors (Lipinski definition) is 2. The van der Waals surface area contributed by atoms with Gasteiger partial charge in [0, 0.05) is 13.1 Å². The lowest BCUT2D eigenvalue weighted by Gasteiger charge is -2.15. The molecule has 0 unspecified atom stereocenters. The molecule has 0 bridgehead atoms. The maximum atomic E-state index is 9.92.